The summed E-state index contributed by atoms with van der Waals surface area (Å²) in [6, 6.07) is 13.0. The molecule has 142 valence electrons. The van der Waals surface area contributed by atoms with Gasteiger partial charge < -0.3 is 20.3 Å². The molecule has 0 bridgehead atoms. The highest BCUT2D eigenvalue weighted by molar-refractivity contribution is 5.95. The molecule has 6 nitrogen and oxygen atoms in total. The number of piperazine rings is 1. The summed E-state index contributed by atoms with van der Waals surface area (Å²) in [5.41, 5.74) is 9.40. The molecule has 2 aromatic carbocycles. The van der Waals surface area contributed by atoms with E-state index in [1.54, 1.807) is 29.2 Å². The average Bonchev–Trinajstić information content (AvgIpc) is 2.68. The zero-order valence-corrected chi connectivity index (χ0v) is 15.8. The van der Waals surface area contributed by atoms with Crippen molar-refractivity contribution >= 4 is 17.5 Å². The van der Waals surface area contributed by atoms with Crippen molar-refractivity contribution in [3.63, 3.8) is 0 Å². The molecule has 3 rings (SSSR count). The first-order chi connectivity index (χ1) is 13.0. The van der Waals surface area contributed by atoms with E-state index in [1.807, 2.05) is 0 Å². The number of nitrogens with two attached hydrogens (primary N) is 1. The molecule has 0 atom stereocenters. The Labute approximate surface area is 159 Å². The predicted octanol–water partition coefficient (Wildman–Crippen LogP) is 2.13. The molecule has 0 saturated carbocycles. The first kappa shape index (κ1) is 18.8. The molecular formula is C21H25N3O3. The molecule has 2 N–H and O–H groups in total. The number of carbonyl (C=O) groups excluding carboxylic acids is 2. The molecule has 1 aliphatic heterocycles. The van der Waals surface area contributed by atoms with Crippen LogP contribution < -0.4 is 15.4 Å². The summed E-state index contributed by atoms with van der Waals surface area (Å²) in [7, 11) is 0. The molecule has 2 amide bonds. The van der Waals surface area contributed by atoms with E-state index in [-0.39, 0.29) is 18.1 Å². The van der Waals surface area contributed by atoms with Crippen molar-refractivity contribution in [3.05, 3.63) is 59.2 Å². The van der Waals surface area contributed by atoms with Crippen LogP contribution >= 0.6 is 0 Å². The molecule has 0 unspecified atom stereocenters. The zero-order valence-electron chi connectivity index (χ0n) is 15.8. The van der Waals surface area contributed by atoms with E-state index in [1.165, 1.54) is 16.8 Å². The molecule has 6 heteroatoms. The molecule has 1 aliphatic rings. The van der Waals surface area contributed by atoms with Gasteiger partial charge in [-0.05, 0) is 43.2 Å². The van der Waals surface area contributed by atoms with Gasteiger partial charge in [-0.1, -0.05) is 24.3 Å². The summed E-state index contributed by atoms with van der Waals surface area (Å²) in [6.45, 7) is 7.00. The maximum Gasteiger partial charge on any atom is 0.260 e. The number of amides is 2. The van der Waals surface area contributed by atoms with Crippen LogP contribution in [0.25, 0.3) is 0 Å². The first-order valence-corrected chi connectivity index (χ1v) is 9.08. The topological polar surface area (TPSA) is 75.9 Å². The van der Waals surface area contributed by atoms with E-state index in [9.17, 15) is 9.59 Å². The van der Waals surface area contributed by atoms with Crippen LogP contribution in [-0.2, 0) is 4.79 Å². The number of aryl methyl sites for hydroxylation is 1. The lowest BCUT2D eigenvalue weighted by Gasteiger charge is -2.37. The second-order valence-electron chi connectivity index (χ2n) is 6.74. The van der Waals surface area contributed by atoms with Gasteiger partial charge in [0.05, 0.1) is 5.56 Å². The van der Waals surface area contributed by atoms with E-state index in [4.69, 9.17) is 10.5 Å². The molecule has 1 fully saturated rings. The summed E-state index contributed by atoms with van der Waals surface area (Å²) in [5, 5.41) is 0. The van der Waals surface area contributed by atoms with Gasteiger partial charge in [-0.3, -0.25) is 9.59 Å². The molecule has 0 aliphatic carbocycles. The minimum atomic E-state index is -0.569. The Morgan fingerprint density at radius 3 is 2.41 bits per heavy atom. The Morgan fingerprint density at radius 1 is 1.00 bits per heavy atom. The van der Waals surface area contributed by atoms with Gasteiger partial charge >= 0.3 is 0 Å². The smallest absolute Gasteiger partial charge is 0.260 e. The third-order valence-corrected chi connectivity index (χ3v) is 5.05. The maximum absolute atomic E-state index is 12.5. The van der Waals surface area contributed by atoms with Gasteiger partial charge in [0.25, 0.3) is 11.8 Å². The SMILES string of the molecule is Cc1cccc(N2CCN(C(=O)COc3ccccc3C(N)=O)CC2)c1C. The molecule has 2 aromatic rings. The number of benzene rings is 2. The standard InChI is InChI=1S/C21H25N3O3/c1-15-6-5-8-18(16(15)2)23-10-12-24(13-11-23)20(25)14-27-19-9-4-3-7-17(19)21(22)26/h3-9H,10-14H2,1-2H3,(H2,22,26). The van der Waals surface area contributed by atoms with Crippen molar-refractivity contribution in [1.29, 1.82) is 0 Å². The van der Waals surface area contributed by atoms with E-state index in [2.05, 4.69) is 36.9 Å². The van der Waals surface area contributed by atoms with Crippen molar-refractivity contribution in [1.82, 2.24) is 4.90 Å². The summed E-state index contributed by atoms with van der Waals surface area (Å²) in [5.74, 6) is -0.317. The fraction of sp³-hybridized carbons (Fsp3) is 0.333. The number of para-hydroxylation sites is 1. The van der Waals surface area contributed by atoms with Crippen LogP contribution in [0.4, 0.5) is 5.69 Å². The van der Waals surface area contributed by atoms with Crippen molar-refractivity contribution in [3.8, 4) is 5.75 Å². The average molecular weight is 367 g/mol. The van der Waals surface area contributed by atoms with E-state index < -0.39 is 5.91 Å². The van der Waals surface area contributed by atoms with Crippen molar-refractivity contribution in [2.75, 3.05) is 37.7 Å². The van der Waals surface area contributed by atoms with Gasteiger partial charge in [0.15, 0.2) is 6.61 Å². The van der Waals surface area contributed by atoms with Crippen molar-refractivity contribution in [2.45, 2.75) is 13.8 Å². The number of hydrogen-bond acceptors (Lipinski definition) is 4. The molecule has 0 radical (unpaired) electrons. The summed E-state index contributed by atoms with van der Waals surface area (Å²) in [6.07, 6.45) is 0. The van der Waals surface area contributed by atoms with Crippen LogP contribution in [0.2, 0.25) is 0 Å². The minimum Gasteiger partial charge on any atom is -0.483 e. The molecule has 1 heterocycles. The summed E-state index contributed by atoms with van der Waals surface area (Å²) in [4.78, 5) is 28.0. The molecule has 0 aromatic heterocycles. The lowest BCUT2D eigenvalue weighted by molar-refractivity contribution is -0.133. The van der Waals surface area contributed by atoms with Crippen molar-refractivity contribution in [2.24, 2.45) is 5.73 Å². The minimum absolute atomic E-state index is 0.0881. The monoisotopic (exact) mass is 367 g/mol. The van der Waals surface area contributed by atoms with Gasteiger partial charge in [0.2, 0.25) is 0 Å². The first-order valence-electron chi connectivity index (χ1n) is 9.08. The van der Waals surface area contributed by atoms with Crippen LogP contribution in [0.1, 0.15) is 21.5 Å². The van der Waals surface area contributed by atoms with Gasteiger partial charge in [-0.15, -0.1) is 0 Å². The van der Waals surface area contributed by atoms with E-state index in [0.717, 1.165) is 13.1 Å². The second kappa shape index (κ2) is 8.12. The molecule has 0 spiro atoms. The number of nitrogens with zero attached hydrogens (tertiary/aromatic N) is 2. The highest BCUT2D eigenvalue weighted by Crippen LogP contribution is 2.24. The van der Waals surface area contributed by atoms with Gasteiger partial charge in [0, 0.05) is 31.9 Å². The Balaban J connectivity index is 1.56. The number of anilines is 1. The van der Waals surface area contributed by atoms with Crippen LogP contribution in [0.15, 0.2) is 42.5 Å². The predicted molar refractivity (Wildman–Crippen MR) is 105 cm³/mol. The lowest BCUT2D eigenvalue weighted by atomic mass is 10.1. The quantitative estimate of drug-likeness (QED) is 0.878. The number of primary amides is 1. The van der Waals surface area contributed by atoms with Crippen LogP contribution in [-0.4, -0.2) is 49.5 Å². The third kappa shape index (κ3) is 4.22. The number of rotatable bonds is 5. The fourth-order valence-electron chi connectivity index (χ4n) is 3.30. The third-order valence-electron chi connectivity index (χ3n) is 5.05. The van der Waals surface area contributed by atoms with E-state index in [0.29, 0.717) is 18.8 Å². The van der Waals surface area contributed by atoms with Crippen LogP contribution in [0.3, 0.4) is 0 Å². The highest BCUT2D eigenvalue weighted by atomic mass is 16.5. The molecule has 27 heavy (non-hydrogen) atoms. The summed E-state index contributed by atoms with van der Waals surface area (Å²) >= 11 is 0. The van der Waals surface area contributed by atoms with Gasteiger partial charge in [-0.2, -0.15) is 0 Å². The summed E-state index contributed by atoms with van der Waals surface area (Å²) < 4.78 is 5.55. The normalized spacial score (nSPS) is 14.1. The highest BCUT2D eigenvalue weighted by Gasteiger charge is 2.23. The Morgan fingerprint density at radius 2 is 1.70 bits per heavy atom. The van der Waals surface area contributed by atoms with Crippen LogP contribution in [0, 0.1) is 13.8 Å². The van der Waals surface area contributed by atoms with Gasteiger partial charge in [-0.25, -0.2) is 0 Å². The number of hydrogen-bond donors (Lipinski definition) is 1. The molecular weight excluding hydrogens is 342 g/mol. The van der Waals surface area contributed by atoms with Gasteiger partial charge in [0.1, 0.15) is 5.75 Å². The number of carbonyl (C=O) groups is 2. The Kier molecular flexibility index (Phi) is 5.64. The fourth-order valence-corrected chi connectivity index (χ4v) is 3.30. The lowest BCUT2D eigenvalue weighted by Crippen LogP contribution is -2.50. The second-order valence-corrected chi connectivity index (χ2v) is 6.74. The largest absolute Gasteiger partial charge is 0.483 e. The van der Waals surface area contributed by atoms with Crippen LogP contribution in [0.5, 0.6) is 5.75 Å². The zero-order chi connectivity index (χ0) is 19.4. The maximum atomic E-state index is 12.5. The molecule has 1 saturated heterocycles. The van der Waals surface area contributed by atoms with Crippen molar-refractivity contribution < 1.29 is 14.3 Å². The van der Waals surface area contributed by atoms with E-state index >= 15 is 0 Å². The Hall–Kier alpha value is -3.02. The number of ether oxygens (including phenoxy) is 1. The Bertz CT molecular complexity index is 842.